The highest BCUT2D eigenvalue weighted by Gasteiger charge is 2.48. The van der Waals surface area contributed by atoms with E-state index in [1.807, 2.05) is 58.1 Å². The number of hydrogen-bond donors (Lipinski definition) is 2. The van der Waals surface area contributed by atoms with E-state index in [4.69, 9.17) is 43.6 Å². The van der Waals surface area contributed by atoms with Crippen molar-refractivity contribution in [3.05, 3.63) is 63.3 Å². The van der Waals surface area contributed by atoms with E-state index in [9.17, 15) is 31.2 Å². The highest BCUT2D eigenvalue weighted by Crippen LogP contribution is 2.37. The molecule has 0 spiro atoms. The number of halogens is 5. The van der Waals surface area contributed by atoms with Crippen LogP contribution in [0.4, 0.5) is 13.2 Å². The van der Waals surface area contributed by atoms with E-state index >= 15 is 0 Å². The van der Waals surface area contributed by atoms with Gasteiger partial charge in [0.25, 0.3) is 5.91 Å². The number of nitrogens with zero attached hydrogens (tertiary/aromatic N) is 4. The van der Waals surface area contributed by atoms with Crippen LogP contribution in [0.25, 0.3) is 10.9 Å². The van der Waals surface area contributed by atoms with Gasteiger partial charge in [-0.15, -0.1) is 0 Å². The standard InChI is InChI=1S/C37H51Cl2N6O5S.C2HF3O2/c1-25-23-26(2)41-34-27(25)11-10-13-31(34)50-24-28-29(38)14-15-32(33(28)39)51(48,49)42-37(16-7-8-17-37)36(47)44-21-19-43(20-22-44)35(46)30(45(3,4)5)12-6-9-18-40;3-2(4,5)1(6)7/h10-11,13-15,23,30,42H,6-9,12,16-22,24,40H2,1-5H3;(H,6,7)/q+1;/p-1/t30-;/m0./s1. The van der Waals surface area contributed by atoms with E-state index in [1.54, 1.807) is 11.0 Å². The minimum Gasteiger partial charge on any atom is -0.542 e. The molecule has 1 aliphatic carbocycles. The summed E-state index contributed by atoms with van der Waals surface area (Å²) in [5.74, 6) is -2.69. The first-order chi connectivity index (χ1) is 27.0. The number of para-hydroxylation sites is 1. The first-order valence-corrected chi connectivity index (χ1v) is 21.1. The van der Waals surface area contributed by atoms with Crippen molar-refractivity contribution in [1.29, 1.82) is 0 Å². The molecule has 1 saturated heterocycles. The zero-order valence-electron chi connectivity index (χ0n) is 33.3. The smallest absolute Gasteiger partial charge is 0.430 e. The van der Waals surface area contributed by atoms with E-state index in [0.29, 0.717) is 79.7 Å². The Morgan fingerprint density at radius 2 is 1.62 bits per heavy atom. The summed E-state index contributed by atoms with van der Waals surface area (Å²) in [5, 5.41) is 9.92. The molecular formula is C39H51Cl2F3N6O7S. The lowest BCUT2D eigenvalue weighted by molar-refractivity contribution is -0.887. The molecule has 2 aromatic carbocycles. The van der Waals surface area contributed by atoms with Gasteiger partial charge in [-0.2, -0.15) is 17.9 Å². The normalized spacial score (nSPS) is 16.5. The second-order valence-corrected chi connectivity index (χ2v) is 18.0. The first-order valence-electron chi connectivity index (χ1n) is 18.9. The molecule has 1 aromatic heterocycles. The van der Waals surface area contributed by atoms with Crippen molar-refractivity contribution < 1.29 is 50.3 Å². The second kappa shape index (κ2) is 19.1. The molecule has 5 rings (SSSR count). The fourth-order valence-corrected chi connectivity index (χ4v) is 9.66. The largest absolute Gasteiger partial charge is 0.542 e. The van der Waals surface area contributed by atoms with Gasteiger partial charge in [0, 0.05) is 54.3 Å². The van der Waals surface area contributed by atoms with Crippen LogP contribution in [0.1, 0.15) is 61.8 Å². The number of quaternary nitrogens is 1. The Morgan fingerprint density at radius 3 is 2.19 bits per heavy atom. The fraction of sp³-hybridized carbons (Fsp3) is 0.538. The van der Waals surface area contributed by atoms with Gasteiger partial charge in [0.05, 0.1) is 26.2 Å². The third-order valence-corrected chi connectivity index (χ3v) is 12.9. The number of carbonyl (C=O) groups is 3. The van der Waals surface area contributed by atoms with Gasteiger partial charge in [-0.05, 0) is 75.9 Å². The Labute approximate surface area is 347 Å². The minimum absolute atomic E-state index is 0.0680. The lowest BCUT2D eigenvalue weighted by Gasteiger charge is -2.42. The molecule has 2 aliphatic rings. The quantitative estimate of drug-likeness (QED) is 0.185. The maximum Gasteiger partial charge on any atom is 0.430 e. The zero-order chi connectivity index (χ0) is 43.2. The number of aryl methyl sites for hydroxylation is 2. The maximum absolute atomic E-state index is 14.2. The molecule has 3 aromatic rings. The molecule has 19 heteroatoms. The van der Waals surface area contributed by atoms with Crippen LogP contribution in [0.15, 0.2) is 41.3 Å². The minimum atomic E-state index is -5.19. The number of nitrogens with two attached hydrogens (primary N) is 1. The number of pyridine rings is 1. The van der Waals surface area contributed by atoms with Gasteiger partial charge in [0.2, 0.25) is 15.9 Å². The number of piperazine rings is 1. The number of sulfonamides is 1. The highest BCUT2D eigenvalue weighted by molar-refractivity contribution is 7.89. The van der Waals surface area contributed by atoms with Crippen molar-refractivity contribution in [2.24, 2.45) is 5.73 Å². The number of hydrogen-bond acceptors (Lipinski definition) is 9. The number of unbranched alkanes of at least 4 members (excludes halogenated alkanes) is 1. The summed E-state index contributed by atoms with van der Waals surface area (Å²) in [5.41, 5.74) is 7.29. The van der Waals surface area contributed by atoms with Crippen LogP contribution >= 0.6 is 23.2 Å². The van der Waals surface area contributed by atoms with Crippen LogP contribution in [0, 0.1) is 13.8 Å². The molecule has 1 atom stereocenters. The number of alkyl halides is 3. The lowest BCUT2D eigenvalue weighted by atomic mass is 9.96. The summed E-state index contributed by atoms with van der Waals surface area (Å²) in [4.78, 5) is 44.6. The molecular weight excluding hydrogens is 824 g/mol. The molecule has 0 radical (unpaired) electrons. The molecule has 2 amide bonds. The van der Waals surface area contributed by atoms with Crippen molar-refractivity contribution >= 4 is 61.9 Å². The Hall–Kier alpha value is -3.74. The molecule has 1 aliphatic heterocycles. The average molecular weight is 876 g/mol. The second-order valence-electron chi connectivity index (χ2n) is 15.6. The number of rotatable bonds is 13. The van der Waals surface area contributed by atoms with E-state index in [1.165, 1.54) is 12.1 Å². The van der Waals surface area contributed by atoms with Crippen LogP contribution in [0.2, 0.25) is 10.0 Å². The summed E-state index contributed by atoms with van der Waals surface area (Å²) in [7, 11) is 1.79. The lowest BCUT2D eigenvalue weighted by Crippen LogP contribution is -2.63. The van der Waals surface area contributed by atoms with E-state index in [2.05, 4.69) is 9.71 Å². The highest BCUT2D eigenvalue weighted by atomic mass is 35.5. The SMILES string of the molecule is Cc1cc(C)c2cccc(OCc3c(Cl)ccc(S(=O)(=O)NC4(C(=O)N5CCN(C(=O)[C@H](CCCCN)[N+](C)(C)C)CC5)CCCC4)c3Cl)c2n1.O=C([O-])C(F)(F)F. The van der Waals surface area contributed by atoms with Crippen molar-refractivity contribution in [1.82, 2.24) is 19.5 Å². The molecule has 13 nitrogen and oxygen atoms in total. The molecule has 1 saturated carbocycles. The van der Waals surface area contributed by atoms with Gasteiger partial charge in [0.15, 0.2) is 6.04 Å². The predicted molar refractivity (Wildman–Crippen MR) is 212 cm³/mol. The zero-order valence-corrected chi connectivity index (χ0v) is 35.6. The van der Waals surface area contributed by atoms with Gasteiger partial charge in [-0.1, -0.05) is 48.2 Å². The predicted octanol–water partition coefficient (Wildman–Crippen LogP) is 4.50. The first kappa shape index (κ1) is 46.9. The van der Waals surface area contributed by atoms with E-state index in [-0.39, 0.29) is 39.4 Å². The van der Waals surface area contributed by atoms with E-state index < -0.39 is 27.7 Å². The van der Waals surface area contributed by atoms with Crippen LogP contribution in [-0.2, 0) is 31.0 Å². The molecule has 320 valence electrons. The van der Waals surface area contributed by atoms with Gasteiger partial charge in [0.1, 0.15) is 34.3 Å². The van der Waals surface area contributed by atoms with Crippen LogP contribution in [-0.4, -0.2) is 117 Å². The molecule has 3 N–H and O–H groups in total. The maximum atomic E-state index is 14.2. The molecule has 0 bridgehead atoms. The number of carbonyl (C=O) groups excluding carboxylic acids is 3. The molecule has 2 fully saturated rings. The number of nitrogens with one attached hydrogen (secondary N) is 1. The number of benzene rings is 2. The summed E-state index contributed by atoms with van der Waals surface area (Å²) in [6, 6.07) is 10.3. The van der Waals surface area contributed by atoms with Gasteiger partial charge < -0.3 is 34.7 Å². The third-order valence-electron chi connectivity index (χ3n) is 10.4. The summed E-state index contributed by atoms with van der Waals surface area (Å²) < 4.78 is 69.2. The summed E-state index contributed by atoms with van der Waals surface area (Å²) in [6.07, 6.45) is -0.589. The topological polar surface area (TPSA) is 175 Å². The number of aromatic nitrogens is 1. The van der Waals surface area contributed by atoms with Crippen LogP contribution in [0.3, 0.4) is 0 Å². The van der Waals surface area contributed by atoms with Crippen molar-refractivity contribution in [2.75, 3.05) is 53.9 Å². The number of fused-ring (bicyclic) bond motifs is 1. The summed E-state index contributed by atoms with van der Waals surface area (Å²) in [6.45, 7) is 5.84. The Bertz CT molecular complexity index is 2090. The Kier molecular flexibility index (Phi) is 15.5. The average Bonchev–Trinajstić information content (AvgIpc) is 3.61. The van der Waals surface area contributed by atoms with Crippen molar-refractivity contribution in [3.63, 3.8) is 0 Å². The monoisotopic (exact) mass is 874 g/mol. The number of amides is 2. The Balaban J connectivity index is 0.000000973. The number of carboxylic acids is 1. The van der Waals surface area contributed by atoms with Crippen molar-refractivity contribution in [2.45, 2.75) is 88.1 Å². The third kappa shape index (κ3) is 11.3. The number of likely N-dealkylation sites (N-methyl/N-ethyl adjacent to an activating group) is 1. The molecule has 2 heterocycles. The number of carboxylic acid groups (broad SMARTS) is 1. The molecule has 0 unspecified atom stereocenters. The van der Waals surface area contributed by atoms with Crippen LogP contribution < -0.4 is 20.3 Å². The summed E-state index contributed by atoms with van der Waals surface area (Å²) >= 11 is 13.4. The Morgan fingerprint density at radius 1 is 1.02 bits per heavy atom. The van der Waals surface area contributed by atoms with Gasteiger partial charge in [-0.25, -0.2) is 13.4 Å². The van der Waals surface area contributed by atoms with Crippen LogP contribution in [0.5, 0.6) is 5.75 Å². The van der Waals surface area contributed by atoms with Crippen molar-refractivity contribution in [3.8, 4) is 5.75 Å². The van der Waals surface area contributed by atoms with Gasteiger partial charge in [-0.3, -0.25) is 9.59 Å². The van der Waals surface area contributed by atoms with E-state index in [0.717, 1.165) is 35.9 Å². The number of aliphatic carboxylic acids is 1. The fourth-order valence-electron chi connectivity index (χ4n) is 7.36. The number of ether oxygens (including phenoxy) is 1. The molecule has 58 heavy (non-hydrogen) atoms. The van der Waals surface area contributed by atoms with Gasteiger partial charge >= 0.3 is 6.18 Å².